The van der Waals surface area contributed by atoms with Crippen LogP contribution in [0.5, 0.6) is 0 Å². The van der Waals surface area contributed by atoms with Crippen molar-refractivity contribution in [3.8, 4) is 0 Å². The number of ether oxygens (including phenoxy) is 1. The minimum absolute atomic E-state index is 0.582. The molecule has 4 rings (SSSR count). The third-order valence-electron chi connectivity index (χ3n) is 12.3. The molecule has 4 aliphatic carbocycles. The fourth-order valence-electron chi connectivity index (χ4n) is 9.40. The van der Waals surface area contributed by atoms with E-state index in [0.29, 0.717) is 12.2 Å². The molecule has 2 unspecified atom stereocenters. The zero-order valence-electron chi connectivity index (χ0n) is 27.2. The third kappa shape index (κ3) is 12.0. The average molecular weight is 543 g/mol. The van der Waals surface area contributed by atoms with Gasteiger partial charge in [-0.3, -0.25) is 0 Å². The van der Waals surface area contributed by atoms with Gasteiger partial charge in [-0.2, -0.15) is 0 Å². The smallest absolute Gasteiger partial charge is 0.0579 e. The Labute approximate surface area is 245 Å². The SMILES string of the molecule is CC1CCC(CC(C)CCCC2CCC(OC3CCC(CCCC(C)CC4CCC(C)CC4)CC3)CC2)CC1. The molecule has 0 N–H and O–H groups in total. The van der Waals surface area contributed by atoms with E-state index in [9.17, 15) is 0 Å². The Kier molecular flexibility index (Phi) is 14.0. The lowest BCUT2D eigenvalue weighted by atomic mass is 9.77. The van der Waals surface area contributed by atoms with Crippen molar-refractivity contribution in [3.05, 3.63) is 0 Å². The molecular weight excluding hydrogens is 472 g/mol. The lowest BCUT2D eigenvalue weighted by Crippen LogP contribution is -2.29. The van der Waals surface area contributed by atoms with E-state index >= 15 is 0 Å². The Morgan fingerprint density at radius 2 is 0.795 bits per heavy atom. The van der Waals surface area contributed by atoms with Crippen LogP contribution in [0, 0.1) is 47.3 Å². The second kappa shape index (κ2) is 17.2. The summed E-state index contributed by atoms with van der Waals surface area (Å²) in [6.07, 6.45) is 36.2. The van der Waals surface area contributed by atoms with Crippen molar-refractivity contribution >= 4 is 0 Å². The van der Waals surface area contributed by atoms with Crippen molar-refractivity contribution in [1.29, 1.82) is 0 Å². The lowest BCUT2D eigenvalue weighted by Gasteiger charge is -2.35. The molecule has 1 heteroatoms. The summed E-state index contributed by atoms with van der Waals surface area (Å²) >= 11 is 0. The van der Waals surface area contributed by atoms with Crippen molar-refractivity contribution in [1.82, 2.24) is 0 Å². The van der Waals surface area contributed by atoms with E-state index in [0.717, 1.165) is 47.3 Å². The summed E-state index contributed by atoms with van der Waals surface area (Å²) < 4.78 is 6.70. The maximum atomic E-state index is 6.70. The largest absolute Gasteiger partial charge is 0.375 e. The van der Waals surface area contributed by atoms with Gasteiger partial charge in [0.25, 0.3) is 0 Å². The van der Waals surface area contributed by atoms with Crippen molar-refractivity contribution < 1.29 is 4.74 Å². The Morgan fingerprint density at radius 3 is 1.15 bits per heavy atom. The summed E-state index contributed by atoms with van der Waals surface area (Å²) in [5.41, 5.74) is 0. The summed E-state index contributed by atoms with van der Waals surface area (Å²) in [4.78, 5) is 0. The second-order valence-corrected chi connectivity index (χ2v) is 16.2. The van der Waals surface area contributed by atoms with Gasteiger partial charge in [0.15, 0.2) is 0 Å². The minimum atomic E-state index is 0.582. The van der Waals surface area contributed by atoms with Crippen LogP contribution in [-0.2, 0) is 4.74 Å². The molecule has 0 amide bonds. The van der Waals surface area contributed by atoms with Crippen molar-refractivity contribution in [2.75, 3.05) is 0 Å². The van der Waals surface area contributed by atoms with E-state index in [4.69, 9.17) is 4.74 Å². The highest BCUT2D eigenvalue weighted by atomic mass is 16.5. The fourth-order valence-corrected chi connectivity index (χ4v) is 9.40. The Hall–Kier alpha value is -0.0400. The van der Waals surface area contributed by atoms with E-state index in [2.05, 4.69) is 27.7 Å². The van der Waals surface area contributed by atoms with Crippen LogP contribution in [0.25, 0.3) is 0 Å². The molecule has 0 bridgehead atoms. The van der Waals surface area contributed by atoms with Gasteiger partial charge in [-0.15, -0.1) is 0 Å². The van der Waals surface area contributed by atoms with Crippen LogP contribution < -0.4 is 0 Å². The number of rotatable bonds is 14. The molecule has 4 saturated carbocycles. The van der Waals surface area contributed by atoms with Gasteiger partial charge in [-0.05, 0) is 112 Å². The molecule has 0 saturated heterocycles. The van der Waals surface area contributed by atoms with E-state index < -0.39 is 0 Å². The molecule has 0 aromatic carbocycles. The normalized spacial score (nSPS) is 37.8. The Morgan fingerprint density at radius 1 is 0.462 bits per heavy atom. The fraction of sp³-hybridized carbons (Fsp3) is 1.00. The summed E-state index contributed by atoms with van der Waals surface area (Å²) in [6, 6.07) is 0. The van der Waals surface area contributed by atoms with Crippen LogP contribution in [0.3, 0.4) is 0 Å². The molecule has 0 spiro atoms. The van der Waals surface area contributed by atoms with Crippen molar-refractivity contribution in [2.24, 2.45) is 47.3 Å². The monoisotopic (exact) mass is 543 g/mol. The van der Waals surface area contributed by atoms with Gasteiger partial charge < -0.3 is 4.74 Å². The first-order valence-electron chi connectivity index (χ1n) is 18.6. The summed E-state index contributed by atoms with van der Waals surface area (Å²) in [6.45, 7) is 9.98. The van der Waals surface area contributed by atoms with E-state index in [1.165, 1.54) is 154 Å². The van der Waals surface area contributed by atoms with E-state index in [1.54, 1.807) is 0 Å². The molecular formula is C38H70O. The third-order valence-corrected chi connectivity index (χ3v) is 12.3. The first-order chi connectivity index (χ1) is 18.9. The van der Waals surface area contributed by atoms with Crippen molar-refractivity contribution in [2.45, 2.75) is 194 Å². The maximum Gasteiger partial charge on any atom is 0.0579 e. The van der Waals surface area contributed by atoms with Crippen LogP contribution in [0.2, 0.25) is 0 Å². The van der Waals surface area contributed by atoms with Gasteiger partial charge in [0.2, 0.25) is 0 Å². The molecule has 228 valence electrons. The first-order valence-corrected chi connectivity index (χ1v) is 18.6. The van der Waals surface area contributed by atoms with Gasteiger partial charge in [0.05, 0.1) is 12.2 Å². The highest BCUT2D eigenvalue weighted by Gasteiger charge is 2.28. The maximum absolute atomic E-state index is 6.70. The zero-order valence-corrected chi connectivity index (χ0v) is 27.2. The highest BCUT2D eigenvalue weighted by Crippen LogP contribution is 2.38. The first kappa shape index (κ1) is 31.9. The van der Waals surface area contributed by atoms with Crippen molar-refractivity contribution in [3.63, 3.8) is 0 Å². The van der Waals surface area contributed by atoms with Crippen LogP contribution in [0.4, 0.5) is 0 Å². The van der Waals surface area contributed by atoms with Gasteiger partial charge >= 0.3 is 0 Å². The number of hydrogen-bond acceptors (Lipinski definition) is 1. The molecule has 4 aliphatic rings. The van der Waals surface area contributed by atoms with E-state index in [1.807, 2.05) is 0 Å². The van der Waals surface area contributed by atoms with Gasteiger partial charge in [0.1, 0.15) is 0 Å². The number of hydrogen-bond donors (Lipinski definition) is 0. The topological polar surface area (TPSA) is 9.23 Å². The van der Waals surface area contributed by atoms with Crippen LogP contribution in [-0.4, -0.2) is 12.2 Å². The molecule has 0 radical (unpaired) electrons. The lowest BCUT2D eigenvalue weighted by molar-refractivity contribution is -0.0573. The highest BCUT2D eigenvalue weighted by molar-refractivity contribution is 4.79. The summed E-state index contributed by atoms with van der Waals surface area (Å²) in [5, 5.41) is 0. The van der Waals surface area contributed by atoms with E-state index in [-0.39, 0.29) is 0 Å². The minimum Gasteiger partial charge on any atom is -0.375 e. The van der Waals surface area contributed by atoms with Gasteiger partial charge in [-0.25, -0.2) is 0 Å². The summed E-state index contributed by atoms with van der Waals surface area (Å²) in [7, 11) is 0. The molecule has 39 heavy (non-hydrogen) atoms. The van der Waals surface area contributed by atoms with Crippen LogP contribution in [0.15, 0.2) is 0 Å². The molecule has 0 aliphatic heterocycles. The van der Waals surface area contributed by atoms with Gasteiger partial charge in [0, 0.05) is 0 Å². The standard InChI is InChI=1S/C38H70O/c1-29-11-15-35(16-12-29)27-31(3)7-5-9-33-19-23-37(24-20-33)39-38-25-21-34(22-26-38)10-6-8-32(4)28-36-17-13-30(2)14-18-36/h29-38H,5-28H2,1-4H3. The quantitative estimate of drug-likeness (QED) is 0.212. The molecule has 2 atom stereocenters. The Bertz CT molecular complexity index is 557. The predicted octanol–water partition coefficient (Wildman–Crippen LogP) is 12.2. The molecule has 0 aromatic heterocycles. The van der Waals surface area contributed by atoms with Crippen LogP contribution >= 0.6 is 0 Å². The molecule has 0 aromatic rings. The molecule has 1 nitrogen and oxygen atoms in total. The molecule has 0 heterocycles. The predicted molar refractivity (Wildman–Crippen MR) is 170 cm³/mol. The summed E-state index contributed by atoms with van der Waals surface area (Å²) in [5.74, 6) is 7.97. The van der Waals surface area contributed by atoms with Crippen LogP contribution in [0.1, 0.15) is 182 Å². The molecule has 4 fully saturated rings. The Balaban J connectivity index is 0.980. The van der Waals surface area contributed by atoms with Gasteiger partial charge in [-0.1, -0.05) is 118 Å². The zero-order chi connectivity index (χ0) is 27.5. The second-order valence-electron chi connectivity index (χ2n) is 16.2. The average Bonchev–Trinajstić information content (AvgIpc) is 2.93.